The zero-order valence-electron chi connectivity index (χ0n) is 20.0. The third kappa shape index (κ3) is 4.77. The maximum absolute atomic E-state index is 14.4. The van der Waals surface area contributed by atoms with Crippen LogP contribution in [0.5, 0.6) is 0 Å². The Bertz CT molecular complexity index is 1400. The molecule has 1 saturated heterocycles. The Morgan fingerprint density at radius 3 is 2.44 bits per heavy atom. The van der Waals surface area contributed by atoms with Gasteiger partial charge in [-0.2, -0.15) is 5.10 Å². The minimum atomic E-state index is -0.620. The van der Waals surface area contributed by atoms with E-state index in [1.165, 1.54) is 6.07 Å². The van der Waals surface area contributed by atoms with E-state index in [4.69, 9.17) is 0 Å². The summed E-state index contributed by atoms with van der Waals surface area (Å²) in [5.41, 5.74) is 3.81. The Labute approximate surface area is 209 Å². The number of carbonyl (C=O) groups is 2. The quantitative estimate of drug-likeness (QED) is 0.406. The Hall–Kier alpha value is -4.26. The van der Waals surface area contributed by atoms with E-state index in [-0.39, 0.29) is 17.6 Å². The van der Waals surface area contributed by atoms with Crippen LogP contribution in [0.25, 0.3) is 11.1 Å². The fourth-order valence-electron chi connectivity index (χ4n) is 4.68. The second kappa shape index (κ2) is 10.2. The molecule has 0 radical (unpaired) electrons. The van der Waals surface area contributed by atoms with Crippen LogP contribution in [0, 0.1) is 12.7 Å². The minimum absolute atomic E-state index is 0.259. The largest absolute Gasteiger partial charge is 0.325 e. The first kappa shape index (κ1) is 23.5. The number of rotatable bonds is 6. The summed E-state index contributed by atoms with van der Waals surface area (Å²) in [6.45, 7) is 2.97. The average molecular weight is 483 g/mol. The van der Waals surface area contributed by atoms with E-state index in [0.29, 0.717) is 42.0 Å². The number of hydrogen-bond donors (Lipinski definition) is 1. The van der Waals surface area contributed by atoms with Gasteiger partial charge in [0.2, 0.25) is 5.91 Å². The summed E-state index contributed by atoms with van der Waals surface area (Å²) in [6, 6.07) is 24.7. The van der Waals surface area contributed by atoms with Crippen molar-refractivity contribution < 1.29 is 14.0 Å². The minimum Gasteiger partial charge on any atom is -0.325 e. The molecule has 6 nitrogen and oxygen atoms in total. The zero-order chi connectivity index (χ0) is 25.1. The van der Waals surface area contributed by atoms with Crippen molar-refractivity contribution in [1.29, 1.82) is 0 Å². The predicted octanol–water partition coefficient (Wildman–Crippen LogP) is 5.29. The van der Waals surface area contributed by atoms with Crippen molar-refractivity contribution in [3.63, 3.8) is 0 Å². The van der Waals surface area contributed by atoms with Gasteiger partial charge in [0.1, 0.15) is 11.9 Å². The van der Waals surface area contributed by atoms with Gasteiger partial charge in [0.15, 0.2) is 5.69 Å². The molecule has 5 rings (SSSR count). The first-order chi connectivity index (χ1) is 17.5. The maximum atomic E-state index is 14.4. The van der Waals surface area contributed by atoms with Gasteiger partial charge < -0.3 is 10.2 Å². The van der Waals surface area contributed by atoms with Crippen LogP contribution in [0.15, 0.2) is 84.9 Å². The number of benzene rings is 3. The molecule has 1 aliphatic rings. The molecule has 1 atom stereocenters. The molecule has 0 spiro atoms. The van der Waals surface area contributed by atoms with E-state index in [2.05, 4.69) is 10.4 Å². The van der Waals surface area contributed by atoms with E-state index >= 15 is 0 Å². The number of aryl methyl sites for hydroxylation is 1. The van der Waals surface area contributed by atoms with Gasteiger partial charge in [-0.15, -0.1) is 0 Å². The van der Waals surface area contributed by atoms with Crippen LogP contribution >= 0.6 is 0 Å². The van der Waals surface area contributed by atoms with Crippen LogP contribution in [0.1, 0.15) is 34.6 Å². The number of carbonyl (C=O) groups excluding carboxylic acids is 2. The monoisotopic (exact) mass is 482 g/mol. The molecule has 182 valence electrons. The summed E-state index contributed by atoms with van der Waals surface area (Å²) in [5.74, 6) is -0.909. The Balaban J connectivity index is 1.34. The van der Waals surface area contributed by atoms with Gasteiger partial charge in [-0.05, 0) is 43.5 Å². The number of hydrogen-bond acceptors (Lipinski definition) is 3. The Morgan fingerprint density at radius 1 is 0.972 bits per heavy atom. The SMILES string of the molecule is Cc1cc(C(=O)N2CCC[C@H]2C(=O)Nc2ccccc2-c2ccccc2F)nn1Cc1ccccc1. The smallest absolute Gasteiger partial charge is 0.275 e. The Kier molecular flexibility index (Phi) is 6.62. The number of nitrogens with one attached hydrogen (secondary N) is 1. The summed E-state index contributed by atoms with van der Waals surface area (Å²) < 4.78 is 16.3. The lowest BCUT2D eigenvalue weighted by Crippen LogP contribution is -2.43. The van der Waals surface area contributed by atoms with E-state index in [9.17, 15) is 14.0 Å². The van der Waals surface area contributed by atoms with Gasteiger partial charge in [-0.25, -0.2) is 4.39 Å². The van der Waals surface area contributed by atoms with Gasteiger partial charge in [0.25, 0.3) is 5.91 Å². The summed E-state index contributed by atoms with van der Waals surface area (Å²) in [4.78, 5) is 28.3. The van der Waals surface area contributed by atoms with Crippen molar-refractivity contribution in [2.75, 3.05) is 11.9 Å². The van der Waals surface area contributed by atoms with Gasteiger partial charge in [0, 0.05) is 29.1 Å². The molecule has 3 aromatic carbocycles. The molecule has 7 heteroatoms. The van der Waals surface area contributed by atoms with E-state index in [1.54, 1.807) is 58.1 Å². The third-order valence-corrected chi connectivity index (χ3v) is 6.54. The van der Waals surface area contributed by atoms with Gasteiger partial charge in [-0.1, -0.05) is 66.7 Å². The van der Waals surface area contributed by atoms with Crippen molar-refractivity contribution >= 4 is 17.5 Å². The normalized spacial score (nSPS) is 15.2. The number of amides is 2. The highest BCUT2D eigenvalue weighted by Gasteiger charge is 2.36. The van der Waals surface area contributed by atoms with Crippen LogP contribution in [0.3, 0.4) is 0 Å². The predicted molar refractivity (Wildman–Crippen MR) is 137 cm³/mol. The van der Waals surface area contributed by atoms with Gasteiger partial charge >= 0.3 is 0 Å². The summed E-state index contributed by atoms with van der Waals surface area (Å²) in [5, 5.41) is 7.48. The second-order valence-electron chi connectivity index (χ2n) is 8.99. The fourth-order valence-corrected chi connectivity index (χ4v) is 4.68. The van der Waals surface area contributed by atoms with Crippen molar-refractivity contribution in [3.8, 4) is 11.1 Å². The number of likely N-dealkylation sites (tertiary alicyclic amines) is 1. The number of halogens is 1. The molecule has 36 heavy (non-hydrogen) atoms. The van der Waals surface area contributed by atoms with Crippen molar-refractivity contribution in [2.24, 2.45) is 0 Å². The van der Waals surface area contributed by atoms with Crippen LogP contribution in [0.4, 0.5) is 10.1 Å². The standard InChI is InChI=1S/C29H27FN4O2/c1-20-18-26(32-34(20)19-21-10-3-2-4-11-21)29(36)33-17-9-16-27(33)28(35)31-25-15-8-6-13-23(25)22-12-5-7-14-24(22)30/h2-8,10-15,18,27H,9,16-17,19H2,1H3,(H,31,35)/t27-/m0/s1. The number of nitrogens with zero attached hydrogens (tertiary/aromatic N) is 3. The van der Waals surface area contributed by atoms with E-state index in [0.717, 1.165) is 17.7 Å². The average Bonchev–Trinajstić information content (AvgIpc) is 3.52. The lowest BCUT2D eigenvalue weighted by atomic mass is 10.0. The molecule has 1 aliphatic heterocycles. The number of para-hydroxylation sites is 1. The fraction of sp³-hybridized carbons (Fsp3) is 0.207. The first-order valence-electron chi connectivity index (χ1n) is 12.1. The molecule has 0 bridgehead atoms. The molecule has 1 aromatic heterocycles. The summed E-state index contributed by atoms with van der Waals surface area (Å²) >= 11 is 0. The number of anilines is 1. The third-order valence-electron chi connectivity index (χ3n) is 6.54. The van der Waals surface area contributed by atoms with E-state index < -0.39 is 6.04 Å². The van der Waals surface area contributed by atoms with Crippen LogP contribution < -0.4 is 5.32 Å². The summed E-state index contributed by atoms with van der Waals surface area (Å²) in [7, 11) is 0. The highest BCUT2D eigenvalue weighted by Crippen LogP contribution is 2.31. The highest BCUT2D eigenvalue weighted by atomic mass is 19.1. The summed E-state index contributed by atoms with van der Waals surface area (Å²) in [6.07, 6.45) is 1.28. The molecule has 2 amide bonds. The van der Waals surface area contributed by atoms with Gasteiger partial charge in [-0.3, -0.25) is 14.3 Å². The maximum Gasteiger partial charge on any atom is 0.275 e. The van der Waals surface area contributed by atoms with E-state index in [1.807, 2.05) is 37.3 Å². The lowest BCUT2D eigenvalue weighted by molar-refractivity contribution is -0.119. The van der Waals surface area contributed by atoms with Crippen molar-refractivity contribution in [2.45, 2.75) is 32.4 Å². The first-order valence-corrected chi connectivity index (χ1v) is 12.1. The second-order valence-corrected chi connectivity index (χ2v) is 8.99. The molecular formula is C29H27FN4O2. The van der Waals surface area contributed by atoms with Crippen molar-refractivity contribution in [1.82, 2.24) is 14.7 Å². The molecule has 0 aliphatic carbocycles. The molecular weight excluding hydrogens is 455 g/mol. The zero-order valence-corrected chi connectivity index (χ0v) is 20.0. The number of aromatic nitrogens is 2. The molecule has 1 N–H and O–H groups in total. The van der Waals surface area contributed by atoms with Crippen molar-refractivity contribution in [3.05, 3.63) is 108 Å². The lowest BCUT2D eigenvalue weighted by Gasteiger charge is -2.23. The van der Waals surface area contributed by atoms with Crippen LogP contribution in [0.2, 0.25) is 0 Å². The Morgan fingerprint density at radius 2 is 1.67 bits per heavy atom. The molecule has 2 heterocycles. The topological polar surface area (TPSA) is 67.2 Å². The van der Waals surface area contributed by atoms with Crippen LogP contribution in [-0.4, -0.2) is 39.1 Å². The van der Waals surface area contributed by atoms with Crippen LogP contribution in [-0.2, 0) is 11.3 Å². The molecule has 0 unspecified atom stereocenters. The molecule has 0 saturated carbocycles. The molecule has 4 aromatic rings. The van der Waals surface area contributed by atoms with Gasteiger partial charge in [0.05, 0.1) is 6.54 Å². The highest BCUT2D eigenvalue weighted by molar-refractivity contribution is 6.02. The molecule has 1 fully saturated rings.